The van der Waals surface area contributed by atoms with Crippen molar-refractivity contribution < 1.29 is 36.3 Å². The number of aromatic amines is 1. The lowest BCUT2D eigenvalue weighted by Crippen LogP contribution is -2.09. The highest BCUT2D eigenvalue weighted by atomic mass is 19.4. The zero-order valence-corrected chi connectivity index (χ0v) is 18.8. The Morgan fingerprint density at radius 3 is 2.53 bits per heavy atom. The van der Waals surface area contributed by atoms with Crippen molar-refractivity contribution in [1.29, 1.82) is 0 Å². The van der Waals surface area contributed by atoms with Crippen LogP contribution >= 0.6 is 0 Å². The number of halogens is 5. The second-order valence-corrected chi connectivity index (χ2v) is 7.97. The number of H-pyrrole nitrogens is 1. The minimum absolute atomic E-state index is 0.00934. The summed E-state index contributed by atoms with van der Waals surface area (Å²) in [4.78, 5) is 17.4. The maximum absolute atomic E-state index is 15.0. The van der Waals surface area contributed by atoms with Crippen LogP contribution in [0.15, 0.2) is 45.7 Å². The number of aromatic nitrogens is 3. The Morgan fingerprint density at radius 2 is 1.86 bits per heavy atom. The molecule has 0 atom stereocenters. The topological polar surface area (TPSA) is 101 Å². The van der Waals surface area contributed by atoms with Gasteiger partial charge in [0, 0.05) is 17.7 Å². The molecule has 12 heteroatoms. The molecule has 2 N–H and O–H groups in total. The van der Waals surface area contributed by atoms with Gasteiger partial charge in [0.05, 0.1) is 5.56 Å². The van der Waals surface area contributed by atoms with Gasteiger partial charge >= 0.3 is 11.9 Å². The molecule has 0 aliphatic carbocycles. The van der Waals surface area contributed by atoms with Crippen LogP contribution in [0, 0.1) is 25.5 Å². The molecule has 0 unspecified atom stereocenters. The fraction of sp³-hybridized carbons (Fsp3) is 0.208. The minimum atomic E-state index is -4.81. The molecule has 0 aliphatic heterocycles. The third-order valence-corrected chi connectivity index (χ3v) is 5.50. The fourth-order valence-electron chi connectivity index (χ4n) is 3.74. The lowest BCUT2D eigenvalue weighted by Gasteiger charge is -2.16. The molecule has 0 spiro atoms. The number of nitrogens with zero attached hydrogens (tertiary/aromatic N) is 2. The monoisotopic (exact) mass is 507 g/mol. The van der Waals surface area contributed by atoms with Gasteiger partial charge in [-0.3, -0.25) is 9.51 Å². The number of alkyl halides is 3. The maximum Gasteiger partial charge on any atom is 0.439 e. The van der Waals surface area contributed by atoms with Crippen molar-refractivity contribution in [2.24, 2.45) is 0 Å². The Morgan fingerprint density at radius 1 is 1.11 bits per heavy atom. The summed E-state index contributed by atoms with van der Waals surface area (Å²) in [6.07, 6.45) is -4.80. The van der Waals surface area contributed by atoms with Crippen LogP contribution in [0.1, 0.15) is 33.8 Å². The standard InChI is InChI=1S/C24H18F5N3O4/c1-11-7-19(35-10-20-31-23(34)36-32-20)21(26)12(2)15(11)9-14-4-6-18(33)22(30-14)16-8-13(25)3-5-17(16)24(27,28)29/h3-8,33H,9-10H2,1-2H3,(H,31,32,34). The summed E-state index contributed by atoms with van der Waals surface area (Å²) in [5, 5.41) is 13.6. The second-order valence-electron chi connectivity index (χ2n) is 7.97. The largest absolute Gasteiger partial charge is 0.506 e. The molecule has 0 bridgehead atoms. The summed E-state index contributed by atoms with van der Waals surface area (Å²) in [6.45, 7) is 2.93. The average Bonchev–Trinajstić information content (AvgIpc) is 3.23. The Bertz CT molecular complexity index is 1490. The second kappa shape index (κ2) is 9.44. The normalized spacial score (nSPS) is 11.6. The third kappa shape index (κ3) is 5.07. The highest BCUT2D eigenvalue weighted by Gasteiger charge is 2.35. The van der Waals surface area contributed by atoms with Crippen LogP contribution in [0.4, 0.5) is 22.0 Å². The number of aryl methyl sites for hydroxylation is 1. The van der Waals surface area contributed by atoms with E-state index in [1.165, 1.54) is 19.1 Å². The van der Waals surface area contributed by atoms with Crippen molar-refractivity contribution >= 4 is 0 Å². The van der Waals surface area contributed by atoms with Gasteiger partial charge in [-0.25, -0.2) is 18.6 Å². The quantitative estimate of drug-likeness (QED) is 0.348. The number of rotatable bonds is 6. The molecule has 0 radical (unpaired) electrons. The van der Waals surface area contributed by atoms with Gasteiger partial charge in [0.1, 0.15) is 23.9 Å². The van der Waals surface area contributed by atoms with Crippen LogP contribution in [0.2, 0.25) is 0 Å². The molecule has 7 nitrogen and oxygen atoms in total. The number of pyridine rings is 1. The zero-order chi connectivity index (χ0) is 26.2. The summed E-state index contributed by atoms with van der Waals surface area (Å²) < 4.78 is 79.1. The maximum atomic E-state index is 15.0. The van der Waals surface area contributed by atoms with Gasteiger partial charge < -0.3 is 9.84 Å². The molecule has 188 valence electrons. The highest BCUT2D eigenvalue weighted by molar-refractivity contribution is 5.70. The van der Waals surface area contributed by atoms with E-state index in [1.54, 1.807) is 6.92 Å². The van der Waals surface area contributed by atoms with Crippen LogP contribution in [-0.2, 0) is 19.2 Å². The van der Waals surface area contributed by atoms with E-state index in [4.69, 9.17) is 4.74 Å². The summed E-state index contributed by atoms with van der Waals surface area (Å²) in [5.74, 6) is -3.00. The molecule has 4 rings (SSSR count). The van der Waals surface area contributed by atoms with Gasteiger partial charge in [0.25, 0.3) is 0 Å². The number of nitrogens with one attached hydrogen (secondary N) is 1. The van der Waals surface area contributed by atoms with Gasteiger partial charge in [-0.15, -0.1) is 0 Å². The molecule has 4 aromatic rings. The van der Waals surface area contributed by atoms with Gasteiger partial charge in [0.2, 0.25) is 0 Å². The van der Waals surface area contributed by atoms with Gasteiger partial charge in [0.15, 0.2) is 17.4 Å². The highest BCUT2D eigenvalue weighted by Crippen LogP contribution is 2.40. The predicted molar refractivity (Wildman–Crippen MR) is 116 cm³/mol. The van der Waals surface area contributed by atoms with E-state index in [1.807, 2.05) is 0 Å². The molecule has 0 aliphatic rings. The van der Waals surface area contributed by atoms with Crippen LogP contribution in [0.25, 0.3) is 11.3 Å². The first-order valence-corrected chi connectivity index (χ1v) is 10.5. The smallest absolute Gasteiger partial charge is 0.439 e. The first-order chi connectivity index (χ1) is 16.9. The number of ether oxygens (including phenoxy) is 1. The molecule has 0 saturated heterocycles. The number of hydrogen-bond acceptors (Lipinski definition) is 6. The lowest BCUT2D eigenvalue weighted by molar-refractivity contribution is -0.137. The van der Waals surface area contributed by atoms with Gasteiger partial charge in [-0.1, -0.05) is 5.16 Å². The SMILES string of the molecule is Cc1cc(OCc2noc(=O)[nH]2)c(F)c(C)c1Cc1ccc(O)c(-c2cc(F)ccc2C(F)(F)F)n1. The van der Waals surface area contributed by atoms with E-state index in [9.17, 15) is 27.5 Å². The predicted octanol–water partition coefficient (Wildman–Crippen LogP) is 5.21. The zero-order valence-electron chi connectivity index (χ0n) is 18.8. The summed E-state index contributed by atoms with van der Waals surface area (Å²) >= 11 is 0. The molecule has 0 saturated carbocycles. The van der Waals surface area contributed by atoms with Crippen LogP contribution in [0.5, 0.6) is 11.5 Å². The number of benzene rings is 2. The molecule has 0 amide bonds. The van der Waals surface area contributed by atoms with Crippen molar-refractivity contribution in [2.75, 3.05) is 0 Å². The lowest BCUT2D eigenvalue weighted by atomic mass is 9.96. The Kier molecular flexibility index (Phi) is 6.53. The van der Waals surface area contributed by atoms with Crippen molar-refractivity contribution in [3.63, 3.8) is 0 Å². The minimum Gasteiger partial charge on any atom is -0.506 e. The molecular formula is C24H18F5N3O4. The first-order valence-electron chi connectivity index (χ1n) is 10.5. The molecule has 0 fully saturated rings. The van der Waals surface area contributed by atoms with Crippen LogP contribution in [-0.4, -0.2) is 20.2 Å². The van der Waals surface area contributed by atoms with Crippen molar-refractivity contribution in [1.82, 2.24) is 15.1 Å². The van der Waals surface area contributed by atoms with Crippen LogP contribution < -0.4 is 10.5 Å². The van der Waals surface area contributed by atoms with E-state index in [-0.39, 0.29) is 35.9 Å². The van der Waals surface area contributed by atoms with E-state index in [2.05, 4.69) is 19.6 Å². The van der Waals surface area contributed by atoms with Gasteiger partial charge in [-0.05, 0) is 66.9 Å². The molecule has 36 heavy (non-hydrogen) atoms. The molecule has 2 heterocycles. The molecule has 2 aromatic carbocycles. The van der Waals surface area contributed by atoms with Crippen molar-refractivity contribution in [2.45, 2.75) is 33.1 Å². The Labute approximate surface area is 200 Å². The summed E-state index contributed by atoms with van der Waals surface area (Å²) in [5.41, 5.74) is -0.703. The van der Waals surface area contributed by atoms with Crippen LogP contribution in [0.3, 0.4) is 0 Å². The number of hydrogen-bond donors (Lipinski definition) is 2. The summed E-state index contributed by atoms with van der Waals surface area (Å²) in [7, 11) is 0. The van der Waals surface area contributed by atoms with Crippen molar-refractivity contribution in [3.05, 3.63) is 92.4 Å². The van der Waals surface area contributed by atoms with E-state index < -0.39 is 46.1 Å². The van der Waals surface area contributed by atoms with Gasteiger partial charge in [-0.2, -0.15) is 13.2 Å². The van der Waals surface area contributed by atoms with E-state index in [0.29, 0.717) is 29.3 Å². The first kappa shape index (κ1) is 24.9. The molecule has 2 aromatic heterocycles. The van der Waals surface area contributed by atoms with Crippen molar-refractivity contribution in [3.8, 4) is 22.8 Å². The fourth-order valence-corrected chi connectivity index (χ4v) is 3.74. The number of aromatic hydroxyl groups is 1. The average molecular weight is 507 g/mol. The van der Waals surface area contributed by atoms with E-state index >= 15 is 4.39 Å². The molecular weight excluding hydrogens is 489 g/mol. The summed E-state index contributed by atoms with van der Waals surface area (Å²) in [6, 6.07) is 5.86. The third-order valence-electron chi connectivity index (χ3n) is 5.50. The van der Waals surface area contributed by atoms with E-state index in [0.717, 1.165) is 6.07 Å². The Balaban J connectivity index is 1.67. The Hall–Kier alpha value is -4.22.